The maximum atomic E-state index is 12.0. The predicted octanol–water partition coefficient (Wildman–Crippen LogP) is 3.90. The first-order valence-electron chi connectivity index (χ1n) is 7.62. The normalized spacial score (nSPS) is 11.8. The van der Waals surface area contributed by atoms with Crippen LogP contribution >= 0.6 is 23.1 Å². The largest absolute Gasteiger partial charge is 0.230 e. The molecule has 0 spiro atoms. The second kappa shape index (κ2) is 8.11. The maximum Gasteiger partial charge on any atom is 0.211 e. The molecule has 0 aliphatic carbocycles. The van der Waals surface area contributed by atoms with Gasteiger partial charge in [-0.05, 0) is 24.1 Å². The van der Waals surface area contributed by atoms with Gasteiger partial charge in [-0.3, -0.25) is 0 Å². The maximum absolute atomic E-state index is 12.0. The number of hydrogen-bond acceptors (Lipinski definition) is 5. The third-order valence-electron chi connectivity index (χ3n) is 3.40. The van der Waals surface area contributed by atoms with E-state index >= 15 is 0 Å². The van der Waals surface area contributed by atoms with Crippen molar-refractivity contribution in [3.8, 4) is 0 Å². The standard InChI is InChI=1S/C17H18N2O2S3/c20-24(21,18-13-14-7-2-1-3-8-14)12-6-11-22-17-19-15-9-4-5-10-16(15)23-17/h1-5,7-10,18H,6,11-13H2. The number of fused-ring (bicyclic) bond motifs is 1. The van der Waals surface area contributed by atoms with E-state index in [-0.39, 0.29) is 5.75 Å². The summed E-state index contributed by atoms with van der Waals surface area (Å²) in [6.07, 6.45) is 0.602. The van der Waals surface area contributed by atoms with Gasteiger partial charge in [-0.15, -0.1) is 11.3 Å². The Morgan fingerprint density at radius 1 is 1.04 bits per heavy atom. The fraction of sp³-hybridized carbons (Fsp3) is 0.235. The smallest absolute Gasteiger partial charge is 0.211 e. The fourth-order valence-corrected chi connectivity index (χ4v) is 5.50. The molecule has 0 fully saturated rings. The van der Waals surface area contributed by atoms with Crippen molar-refractivity contribution < 1.29 is 8.42 Å². The van der Waals surface area contributed by atoms with E-state index in [1.54, 1.807) is 23.1 Å². The Bertz CT molecular complexity index is 859. The van der Waals surface area contributed by atoms with Crippen molar-refractivity contribution >= 4 is 43.3 Å². The Labute approximate surface area is 150 Å². The molecular weight excluding hydrogens is 360 g/mol. The summed E-state index contributed by atoms with van der Waals surface area (Å²) in [5, 5.41) is 0. The third kappa shape index (κ3) is 5.04. The number of hydrogen-bond donors (Lipinski definition) is 1. The molecule has 2 aromatic carbocycles. The average Bonchev–Trinajstić information content (AvgIpc) is 3.01. The van der Waals surface area contributed by atoms with E-state index in [1.165, 1.54) is 0 Å². The van der Waals surface area contributed by atoms with Gasteiger partial charge in [0.1, 0.15) is 0 Å². The average molecular weight is 379 g/mol. The van der Waals surface area contributed by atoms with Crippen LogP contribution in [0.25, 0.3) is 10.2 Å². The number of sulfonamides is 1. The molecule has 7 heteroatoms. The molecule has 3 aromatic rings. The molecule has 0 radical (unpaired) electrons. The minimum absolute atomic E-state index is 0.137. The van der Waals surface area contributed by atoms with Crippen LogP contribution in [-0.2, 0) is 16.6 Å². The van der Waals surface area contributed by atoms with Crippen molar-refractivity contribution in [2.45, 2.75) is 17.3 Å². The zero-order valence-electron chi connectivity index (χ0n) is 13.0. The number of para-hydroxylation sites is 1. The molecule has 0 bridgehead atoms. The molecule has 0 aliphatic rings. The first-order chi connectivity index (χ1) is 11.6. The van der Waals surface area contributed by atoms with Crippen LogP contribution in [0.1, 0.15) is 12.0 Å². The van der Waals surface area contributed by atoms with Gasteiger partial charge in [-0.2, -0.15) is 0 Å². The number of thioether (sulfide) groups is 1. The van der Waals surface area contributed by atoms with Crippen molar-refractivity contribution in [3.63, 3.8) is 0 Å². The minimum atomic E-state index is -3.24. The van der Waals surface area contributed by atoms with Crippen LogP contribution in [0.5, 0.6) is 0 Å². The minimum Gasteiger partial charge on any atom is -0.230 e. The molecule has 0 saturated heterocycles. The van der Waals surface area contributed by atoms with Gasteiger partial charge in [0.15, 0.2) is 4.34 Å². The molecule has 0 atom stereocenters. The highest BCUT2D eigenvalue weighted by atomic mass is 32.2. The quantitative estimate of drug-likeness (QED) is 0.477. The van der Waals surface area contributed by atoms with Crippen LogP contribution in [0.2, 0.25) is 0 Å². The Morgan fingerprint density at radius 2 is 1.79 bits per heavy atom. The molecule has 0 saturated carbocycles. The number of rotatable bonds is 8. The summed E-state index contributed by atoms with van der Waals surface area (Å²) in [5.41, 5.74) is 1.96. The monoisotopic (exact) mass is 378 g/mol. The molecule has 1 heterocycles. The highest BCUT2D eigenvalue weighted by Gasteiger charge is 2.10. The number of nitrogens with one attached hydrogen (secondary N) is 1. The van der Waals surface area contributed by atoms with Gasteiger partial charge < -0.3 is 0 Å². The van der Waals surface area contributed by atoms with Crippen LogP contribution < -0.4 is 4.72 Å². The topological polar surface area (TPSA) is 59.1 Å². The van der Waals surface area contributed by atoms with Crippen molar-refractivity contribution in [1.29, 1.82) is 0 Å². The number of benzene rings is 2. The van der Waals surface area contributed by atoms with Crippen LogP contribution in [0, 0.1) is 0 Å². The summed E-state index contributed by atoms with van der Waals surface area (Å²) >= 11 is 3.27. The van der Waals surface area contributed by atoms with Crippen molar-refractivity contribution in [2.75, 3.05) is 11.5 Å². The van der Waals surface area contributed by atoms with Gasteiger partial charge >= 0.3 is 0 Å². The summed E-state index contributed by atoms with van der Waals surface area (Å²) in [7, 11) is -3.24. The predicted molar refractivity (Wildman–Crippen MR) is 102 cm³/mol. The molecule has 3 rings (SSSR count). The van der Waals surface area contributed by atoms with Crippen LogP contribution in [0.15, 0.2) is 58.9 Å². The molecule has 24 heavy (non-hydrogen) atoms. The molecule has 126 valence electrons. The molecule has 0 unspecified atom stereocenters. The number of thiazole rings is 1. The van der Waals surface area contributed by atoms with E-state index in [4.69, 9.17) is 0 Å². The van der Waals surface area contributed by atoms with Crippen molar-refractivity contribution in [3.05, 3.63) is 60.2 Å². The van der Waals surface area contributed by atoms with Gasteiger partial charge in [0.05, 0.1) is 16.0 Å². The van der Waals surface area contributed by atoms with Crippen LogP contribution in [0.4, 0.5) is 0 Å². The van der Waals surface area contributed by atoms with Crippen molar-refractivity contribution in [1.82, 2.24) is 9.71 Å². The Hall–Kier alpha value is -1.41. The van der Waals surface area contributed by atoms with Gasteiger partial charge in [0.2, 0.25) is 10.0 Å². The Balaban J connectivity index is 1.43. The van der Waals surface area contributed by atoms with Crippen molar-refractivity contribution in [2.24, 2.45) is 0 Å². The third-order valence-corrected chi connectivity index (χ3v) is 7.07. The zero-order valence-corrected chi connectivity index (χ0v) is 15.5. The first kappa shape index (κ1) is 17.4. The highest BCUT2D eigenvalue weighted by Crippen LogP contribution is 2.29. The second-order valence-corrected chi connectivity index (χ2v) is 9.57. The van der Waals surface area contributed by atoms with Gasteiger partial charge in [-0.25, -0.2) is 18.1 Å². The molecular formula is C17H18N2O2S3. The molecule has 1 aromatic heterocycles. The lowest BCUT2D eigenvalue weighted by molar-refractivity contribution is 0.580. The van der Waals surface area contributed by atoms with Gasteiger partial charge in [0.25, 0.3) is 0 Å². The summed E-state index contributed by atoms with van der Waals surface area (Å²) in [6, 6.07) is 17.6. The fourth-order valence-electron chi connectivity index (χ4n) is 2.18. The van der Waals surface area contributed by atoms with Crippen LogP contribution in [0.3, 0.4) is 0 Å². The van der Waals surface area contributed by atoms with E-state index < -0.39 is 10.0 Å². The van der Waals surface area contributed by atoms with E-state index in [9.17, 15) is 8.42 Å². The van der Waals surface area contributed by atoms with E-state index in [0.29, 0.717) is 13.0 Å². The van der Waals surface area contributed by atoms with E-state index in [0.717, 1.165) is 25.9 Å². The summed E-state index contributed by atoms with van der Waals surface area (Å²) < 4.78 is 28.8. The Kier molecular flexibility index (Phi) is 5.89. The molecule has 1 N–H and O–H groups in total. The van der Waals surface area contributed by atoms with E-state index in [1.807, 2.05) is 48.5 Å². The lowest BCUT2D eigenvalue weighted by atomic mass is 10.2. The highest BCUT2D eigenvalue weighted by molar-refractivity contribution is 8.01. The van der Waals surface area contributed by atoms with Gasteiger partial charge in [0, 0.05) is 12.3 Å². The number of nitrogens with zero attached hydrogens (tertiary/aromatic N) is 1. The summed E-state index contributed by atoms with van der Waals surface area (Å²) in [4.78, 5) is 4.54. The molecule has 0 amide bonds. The first-order valence-corrected chi connectivity index (χ1v) is 11.1. The van der Waals surface area contributed by atoms with Gasteiger partial charge in [-0.1, -0.05) is 54.2 Å². The molecule has 4 nitrogen and oxygen atoms in total. The zero-order chi connectivity index (χ0) is 16.8. The Morgan fingerprint density at radius 3 is 2.58 bits per heavy atom. The summed E-state index contributed by atoms with van der Waals surface area (Å²) in [6.45, 7) is 0.341. The molecule has 0 aliphatic heterocycles. The van der Waals surface area contributed by atoms with E-state index in [2.05, 4.69) is 15.8 Å². The number of aromatic nitrogens is 1. The SMILES string of the molecule is O=S(=O)(CCCSc1nc2ccccc2s1)NCc1ccccc1. The van der Waals surface area contributed by atoms with Crippen LogP contribution in [-0.4, -0.2) is 24.9 Å². The lowest BCUT2D eigenvalue weighted by Crippen LogP contribution is -2.26. The second-order valence-electron chi connectivity index (χ2n) is 5.28. The lowest BCUT2D eigenvalue weighted by Gasteiger charge is -2.06. The summed E-state index contributed by atoms with van der Waals surface area (Å²) in [5.74, 6) is 0.879.